The number of anilines is 1. The molecule has 0 spiro atoms. The minimum absolute atomic E-state index is 0.0186. The van der Waals surface area contributed by atoms with Crippen LogP contribution in [0.3, 0.4) is 0 Å². The lowest BCUT2D eigenvalue weighted by atomic mass is 9.98. The molecular formula is C29H36N4O3S. The minimum atomic E-state index is -0.478. The van der Waals surface area contributed by atoms with Gasteiger partial charge in [0, 0.05) is 37.0 Å². The van der Waals surface area contributed by atoms with E-state index in [1.165, 1.54) is 11.9 Å². The highest BCUT2D eigenvalue weighted by molar-refractivity contribution is 8.00. The molecule has 2 amide bonds. The largest absolute Gasteiger partial charge is 0.347 e. The van der Waals surface area contributed by atoms with Crippen LogP contribution < -0.4 is 4.72 Å². The van der Waals surface area contributed by atoms with Crippen molar-refractivity contribution in [2.75, 3.05) is 18.8 Å². The van der Waals surface area contributed by atoms with Gasteiger partial charge in [-0.3, -0.25) is 14.3 Å². The first kappa shape index (κ1) is 26.8. The molecule has 1 heterocycles. The molecular weight excluding hydrogens is 484 g/mol. The monoisotopic (exact) mass is 520 g/mol. The summed E-state index contributed by atoms with van der Waals surface area (Å²) < 4.78 is 8.66. The molecule has 0 aliphatic heterocycles. The number of benzene rings is 2. The molecule has 1 aromatic heterocycles. The van der Waals surface area contributed by atoms with Gasteiger partial charge in [0.2, 0.25) is 17.7 Å². The van der Waals surface area contributed by atoms with Crippen molar-refractivity contribution in [2.45, 2.75) is 58.0 Å². The SMILES string of the molecule is Cc1noc(NSc2ccccc2-c2ccc(CN(C(=O)C3CC3)C(C(=O)N(C)C)C(C)C)cc2)c1C. The van der Waals surface area contributed by atoms with Crippen LogP contribution in [0.5, 0.6) is 0 Å². The van der Waals surface area contributed by atoms with E-state index >= 15 is 0 Å². The number of rotatable bonds is 10. The maximum Gasteiger partial charge on any atom is 0.245 e. The molecule has 37 heavy (non-hydrogen) atoms. The lowest BCUT2D eigenvalue weighted by Gasteiger charge is -2.35. The average molecular weight is 521 g/mol. The number of aryl methyl sites for hydroxylation is 1. The normalized spacial score (nSPS) is 13.9. The van der Waals surface area contributed by atoms with Gasteiger partial charge in [0.15, 0.2) is 0 Å². The Morgan fingerprint density at radius 2 is 1.76 bits per heavy atom. The number of hydrogen-bond acceptors (Lipinski definition) is 6. The number of likely N-dealkylation sites (N-methyl/N-ethyl adjacent to an activating group) is 1. The van der Waals surface area contributed by atoms with Crippen LogP contribution in [0.15, 0.2) is 57.9 Å². The number of carbonyl (C=O) groups is 2. The Bertz CT molecular complexity index is 1250. The second kappa shape index (κ2) is 11.4. The average Bonchev–Trinajstić information content (AvgIpc) is 3.68. The number of carbonyl (C=O) groups excluding carboxylic acids is 2. The maximum absolute atomic E-state index is 13.3. The number of nitrogens with one attached hydrogen (secondary N) is 1. The van der Waals surface area contributed by atoms with E-state index < -0.39 is 6.04 Å². The Hall–Kier alpha value is -3.26. The quantitative estimate of drug-likeness (QED) is 0.334. The Balaban J connectivity index is 1.54. The molecule has 1 aliphatic carbocycles. The fourth-order valence-corrected chi connectivity index (χ4v) is 5.15. The van der Waals surface area contributed by atoms with Crippen LogP contribution in [0.4, 0.5) is 5.88 Å². The summed E-state index contributed by atoms with van der Waals surface area (Å²) in [6.07, 6.45) is 1.82. The van der Waals surface area contributed by atoms with E-state index in [0.717, 1.165) is 45.7 Å². The van der Waals surface area contributed by atoms with Gasteiger partial charge < -0.3 is 14.3 Å². The highest BCUT2D eigenvalue weighted by Gasteiger charge is 2.40. The molecule has 1 fully saturated rings. The van der Waals surface area contributed by atoms with E-state index in [4.69, 9.17) is 4.52 Å². The summed E-state index contributed by atoms with van der Waals surface area (Å²) in [6.45, 7) is 8.33. The summed E-state index contributed by atoms with van der Waals surface area (Å²) in [5.74, 6) is 0.772. The smallest absolute Gasteiger partial charge is 0.245 e. The third-order valence-electron chi connectivity index (χ3n) is 6.79. The van der Waals surface area contributed by atoms with Crippen LogP contribution in [0, 0.1) is 25.7 Å². The zero-order valence-corrected chi connectivity index (χ0v) is 23.3. The van der Waals surface area contributed by atoms with Gasteiger partial charge >= 0.3 is 0 Å². The van der Waals surface area contributed by atoms with Crippen molar-refractivity contribution in [3.63, 3.8) is 0 Å². The molecule has 0 bridgehead atoms. The molecule has 1 aliphatic rings. The lowest BCUT2D eigenvalue weighted by molar-refractivity contribution is -0.147. The van der Waals surface area contributed by atoms with Crippen molar-refractivity contribution in [1.82, 2.24) is 15.0 Å². The number of aromatic nitrogens is 1. The topological polar surface area (TPSA) is 78.7 Å². The molecule has 0 saturated heterocycles. The van der Waals surface area contributed by atoms with Crippen LogP contribution in [-0.4, -0.2) is 46.9 Å². The van der Waals surface area contributed by atoms with Crippen LogP contribution >= 0.6 is 11.9 Å². The number of amides is 2. The fraction of sp³-hybridized carbons (Fsp3) is 0.414. The molecule has 196 valence electrons. The Morgan fingerprint density at radius 3 is 2.32 bits per heavy atom. The van der Waals surface area contributed by atoms with Crippen LogP contribution in [-0.2, 0) is 16.1 Å². The molecule has 1 saturated carbocycles. The van der Waals surface area contributed by atoms with E-state index in [0.29, 0.717) is 12.4 Å². The van der Waals surface area contributed by atoms with Crippen LogP contribution in [0.2, 0.25) is 0 Å². The first-order valence-corrected chi connectivity index (χ1v) is 13.5. The Labute approximate surface area is 223 Å². The second-order valence-corrected chi connectivity index (χ2v) is 11.1. The molecule has 7 nitrogen and oxygen atoms in total. The van der Waals surface area contributed by atoms with E-state index in [1.54, 1.807) is 23.9 Å². The molecule has 0 radical (unpaired) electrons. The molecule has 8 heteroatoms. The molecule has 2 aromatic carbocycles. The van der Waals surface area contributed by atoms with Crippen molar-refractivity contribution < 1.29 is 14.1 Å². The molecule has 4 rings (SSSR count). The third-order valence-corrected chi connectivity index (χ3v) is 7.65. The molecule has 3 aromatic rings. The summed E-state index contributed by atoms with van der Waals surface area (Å²) in [5.41, 5.74) is 5.03. The van der Waals surface area contributed by atoms with Crippen molar-refractivity contribution >= 4 is 29.6 Å². The highest BCUT2D eigenvalue weighted by Crippen LogP contribution is 2.35. The van der Waals surface area contributed by atoms with E-state index in [9.17, 15) is 9.59 Å². The zero-order chi connectivity index (χ0) is 26.7. The Morgan fingerprint density at radius 1 is 1.08 bits per heavy atom. The summed E-state index contributed by atoms with van der Waals surface area (Å²) in [6, 6.07) is 16.0. The van der Waals surface area contributed by atoms with Gasteiger partial charge in [-0.25, -0.2) is 0 Å². The predicted molar refractivity (Wildman–Crippen MR) is 148 cm³/mol. The number of hydrogen-bond donors (Lipinski definition) is 1. The lowest BCUT2D eigenvalue weighted by Crippen LogP contribution is -2.52. The van der Waals surface area contributed by atoms with Crippen molar-refractivity contribution in [1.29, 1.82) is 0 Å². The van der Waals surface area contributed by atoms with Crippen molar-refractivity contribution in [3.05, 3.63) is 65.4 Å². The standard InChI is InChI=1S/C29H36N4O3S/c1-18(2)26(29(35)32(5)6)33(28(34)23-15-16-23)17-21-11-13-22(14-12-21)24-9-7-8-10-25(24)37-31-27-19(3)20(4)30-36-27/h7-14,18,23,26,31H,15-17H2,1-6H3. The van der Waals surface area contributed by atoms with Gasteiger partial charge in [-0.05, 0) is 67.3 Å². The minimum Gasteiger partial charge on any atom is -0.347 e. The van der Waals surface area contributed by atoms with Gasteiger partial charge in [0.1, 0.15) is 6.04 Å². The first-order chi connectivity index (χ1) is 17.7. The summed E-state index contributed by atoms with van der Waals surface area (Å²) in [7, 11) is 3.50. The van der Waals surface area contributed by atoms with Gasteiger partial charge in [0.05, 0.1) is 5.69 Å². The van der Waals surface area contributed by atoms with Crippen molar-refractivity contribution in [3.8, 4) is 11.1 Å². The van der Waals surface area contributed by atoms with Gasteiger partial charge in [-0.1, -0.05) is 61.5 Å². The van der Waals surface area contributed by atoms with Gasteiger partial charge in [-0.15, -0.1) is 0 Å². The molecule has 1 N–H and O–H groups in total. The predicted octanol–water partition coefficient (Wildman–Crippen LogP) is 5.93. The van der Waals surface area contributed by atoms with Crippen LogP contribution in [0.1, 0.15) is 43.5 Å². The van der Waals surface area contributed by atoms with E-state index in [1.807, 2.05) is 39.8 Å². The Kier molecular flexibility index (Phi) is 8.27. The van der Waals surface area contributed by atoms with Gasteiger partial charge in [-0.2, -0.15) is 0 Å². The fourth-order valence-electron chi connectivity index (χ4n) is 4.31. The van der Waals surface area contributed by atoms with Crippen LogP contribution in [0.25, 0.3) is 11.1 Å². The van der Waals surface area contributed by atoms with E-state index in [-0.39, 0.29) is 23.7 Å². The summed E-state index contributed by atoms with van der Waals surface area (Å²) >= 11 is 1.49. The summed E-state index contributed by atoms with van der Waals surface area (Å²) in [5, 5.41) is 4.01. The third kappa shape index (κ3) is 6.18. The van der Waals surface area contributed by atoms with E-state index in [2.05, 4.69) is 46.3 Å². The maximum atomic E-state index is 13.3. The highest BCUT2D eigenvalue weighted by atomic mass is 32.2. The van der Waals surface area contributed by atoms with Gasteiger partial charge in [0.25, 0.3) is 0 Å². The molecule has 1 atom stereocenters. The first-order valence-electron chi connectivity index (χ1n) is 12.7. The summed E-state index contributed by atoms with van der Waals surface area (Å²) in [4.78, 5) is 30.8. The number of nitrogens with zero attached hydrogens (tertiary/aromatic N) is 3. The zero-order valence-electron chi connectivity index (χ0n) is 22.4. The second-order valence-electron chi connectivity index (χ2n) is 10.3. The van der Waals surface area contributed by atoms with Crippen molar-refractivity contribution in [2.24, 2.45) is 11.8 Å². The molecule has 1 unspecified atom stereocenters.